The maximum Gasteiger partial charge on any atom is 0.148 e. The Kier molecular flexibility index (Phi) is 5.49. The van der Waals surface area contributed by atoms with E-state index >= 15 is 0 Å². The molecule has 142 valence electrons. The first kappa shape index (κ1) is 18.8. The number of para-hydroxylation sites is 2. The van der Waals surface area contributed by atoms with E-state index in [1.807, 2.05) is 30.3 Å². The molecule has 28 heavy (non-hydrogen) atoms. The van der Waals surface area contributed by atoms with Crippen LogP contribution in [0, 0.1) is 0 Å². The van der Waals surface area contributed by atoms with Crippen LogP contribution in [0.5, 0.6) is 5.75 Å². The smallest absolute Gasteiger partial charge is 0.148 e. The lowest BCUT2D eigenvalue weighted by Crippen LogP contribution is -2.08. The molecule has 0 aliphatic rings. The zero-order chi connectivity index (χ0) is 19.5. The lowest BCUT2D eigenvalue weighted by atomic mass is 10.0. The molecular weight excluding hydrogens is 412 g/mol. The fourth-order valence-corrected chi connectivity index (χ4v) is 3.77. The molecule has 0 unspecified atom stereocenters. The summed E-state index contributed by atoms with van der Waals surface area (Å²) in [7, 11) is 0. The summed E-state index contributed by atoms with van der Waals surface area (Å²) in [6, 6.07) is 25.0. The SMILES string of the molecule is CC(C)c1ccc(OCc2nc3ccccc3n2Cc2cccc(Br)c2)cc1. The molecule has 1 aromatic heterocycles. The first-order valence-corrected chi connectivity index (χ1v) is 10.3. The number of nitrogens with zero attached hydrogens (tertiary/aromatic N) is 2. The molecule has 0 spiro atoms. The zero-order valence-electron chi connectivity index (χ0n) is 16.1. The second-order valence-corrected chi connectivity index (χ2v) is 8.16. The number of ether oxygens (including phenoxy) is 1. The Hall–Kier alpha value is -2.59. The van der Waals surface area contributed by atoms with E-state index in [-0.39, 0.29) is 0 Å². The van der Waals surface area contributed by atoms with Crippen molar-refractivity contribution in [2.24, 2.45) is 0 Å². The van der Waals surface area contributed by atoms with E-state index in [4.69, 9.17) is 9.72 Å². The van der Waals surface area contributed by atoms with Gasteiger partial charge in [-0.2, -0.15) is 0 Å². The van der Waals surface area contributed by atoms with Gasteiger partial charge in [-0.05, 0) is 53.4 Å². The van der Waals surface area contributed by atoms with Gasteiger partial charge < -0.3 is 9.30 Å². The molecule has 0 atom stereocenters. The van der Waals surface area contributed by atoms with Crippen LogP contribution >= 0.6 is 15.9 Å². The first-order chi connectivity index (χ1) is 13.6. The van der Waals surface area contributed by atoms with Crippen molar-refractivity contribution < 1.29 is 4.74 Å². The van der Waals surface area contributed by atoms with Crippen LogP contribution in [-0.4, -0.2) is 9.55 Å². The molecule has 0 N–H and O–H groups in total. The fraction of sp³-hybridized carbons (Fsp3) is 0.208. The maximum absolute atomic E-state index is 6.07. The van der Waals surface area contributed by atoms with Gasteiger partial charge in [0, 0.05) is 11.0 Å². The molecule has 0 radical (unpaired) electrons. The van der Waals surface area contributed by atoms with Crippen molar-refractivity contribution in [2.75, 3.05) is 0 Å². The molecule has 3 nitrogen and oxygen atoms in total. The van der Waals surface area contributed by atoms with Crippen LogP contribution < -0.4 is 4.74 Å². The topological polar surface area (TPSA) is 27.1 Å². The Morgan fingerprint density at radius 3 is 2.50 bits per heavy atom. The van der Waals surface area contributed by atoms with Gasteiger partial charge in [-0.3, -0.25) is 0 Å². The number of hydrogen-bond acceptors (Lipinski definition) is 2. The van der Waals surface area contributed by atoms with Crippen molar-refractivity contribution in [3.63, 3.8) is 0 Å². The minimum absolute atomic E-state index is 0.434. The Morgan fingerprint density at radius 1 is 0.964 bits per heavy atom. The quantitative estimate of drug-likeness (QED) is 0.343. The van der Waals surface area contributed by atoms with Gasteiger partial charge in [-0.15, -0.1) is 0 Å². The molecule has 4 rings (SSSR count). The van der Waals surface area contributed by atoms with Crippen LogP contribution in [-0.2, 0) is 13.2 Å². The summed E-state index contributed by atoms with van der Waals surface area (Å²) in [5, 5.41) is 0. The number of benzene rings is 3. The zero-order valence-corrected chi connectivity index (χ0v) is 17.7. The summed E-state index contributed by atoms with van der Waals surface area (Å²) >= 11 is 3.56. The van der Waals surface area contributed by atoms with Crippen molar-refractivity contribution in [1.82, 2.24) is 9.55 Å². The Morgan fingerprint density at radius 2 is 1.75 bits per heavy atom. The molecule has 4 heteroatoms. The predicted molar refractivity (Wildman–Crippen MR) is 118 cm³/mol. The number of halogens is 1. The Bertz CT molecular complexity index is 1080. The summed E-state index contributed by atoms with van der Waals surface area (Å²) in [5.41, 5.74) is 4.65. The highest BCUT2D eigenvalue weighted by atomic mass is 79.9. The van der Waals surface area contributed by atoms with E-state index in [9.17, 15) is 0 Å². The van der Waals surface area contributed by atoms with Crippen LogP contribution in [0.25, 0.3) is 11.0 Å². The minimum atomic E-state index is 0.434. The van der Waals surface area contributed by atoms with Gasteiger partial charge >= 0.3 is 0 Å². The number of hydrogen-bond donors (Lipinski definition) is 0. The normalized spacial score (nSPS) is 11.3. The Labute approximate surface area is 174 Å². The number of imidazole rings is 1. The minimum Gasteiger partial charge on any atom is -0.486 e. The summed E-state index contributed by atoms with van der Waals surface area (Å²) in [6.07, 6.45) is 0. The largest absolute Gasteiger partial charge is 0.486 e. The van der Waals surface area contributed by atoms with Crippen molar-refractivity contribution in [2.45, 2.75) is 32.9 Å². The maximum atomic E-state index is 6.07. The van der Waals surface area contributed by atoms with Crippen molar-refractivity contribution in [1.29, 1.82) is 0 Å². The second kappa shape index (κ2) is 8.19. The molecular formula is C24H23BrN2O. The van der Waals surface area contributed by atoms with Gasteiger partial charge in [0.1, 0.15) is 18.2 Å². The van der Waals surface area contributed by atoms with Gasteiger partial charge in [0.25, 0.3) is 0 Å². The summed E-state index contributed by atoms with van der Waals surface area (Å²) in [4.78, 5) is 4.82. The van der Waals surface area contributed by atoms with Crippen molar-refractivity contribution in [3.8, 4) is 5.75 Å². The molecule has 0 fully saturated rings. The first-order valence-electron chi connectivity index (χ1n) is 9.51. The second-order valence-electron chi connectivity index (χ2n) is 7.25. The number of aromatic nitrogens is 2. The third-order valence-corrected chi connectivity index (χ3v) is 5.37. The summed E-state index contributed by atoms with van der Waals surface area (Å²) in [5.74, 6) is 2.31. The molecule has 1 heterocycles. The molecule has 0 amide bonds. The van der Waals surface area contributed by atoms with Gasteiger partial charge in [0.15, 0.2) is 0 Å². The molecule has 0 saturated carbocycles. The van der Waals surface area contributed by atoms with E-state index in [1.54, 1.807) is 0 Å². The van der Waals surface area contributed by atoms with E-state index in [0.717, 1.165) is 33.6 Å². The van der Waals surface area contributed by atoms with Gasteiger partial charge in [0.2, 0.25) is 0 Å². The lowest BCUT2D eigenvalue weighted by molar-refractivity contribution is 0.291. The van der Waals surface area contributed by atoms with Crippen LogP contribution in [0.3, 0.4) is 0 Å². The molecule has 0 aliphatic heterocycles. The highest BCUT2D eigenvalue weighted by Crippen LogP contribution is 2.22. The van der Waals surface area contributed by atoms with E-state index in [1.165, 1.54) is 11.1 Å². The molecule has 0 bridgehead atoms. The number of rotatable bonds is 6. The average molecular weight is 435 g/mol. The predicted octanol–water partition coefficient (Wildman–Crippen LogP) is 6.55. The lowest BCUT2D eigenvalue weighted by Gasteiger charge is -2.12. The molecule has 0 aliphatic carbocycles. The highest BCUT2D eigenvalue weighted by Gasteiger charge is 2.12. The van der Waals surface area contributed by atoms with Crippen molar-refractivity contribution >= 4 is 27.0 Å². The fourth-order valence-electron chi connectivity index (χ4n) is 3.33. The summed E-state index contributed by atoms with van der Waals surface area (Å²) < 4.78 is 9.38. The van der Waals surface area contributed by atoms with E-state index < -0.39 is 0 Å². The van der Waals surface area contributed by atoms with Crippen LogP contribution in [0.15, 0.2) is 77.3 Å². The molecule has 4 aromatic rings. The van der Waals surface area contributed by atoms with Crippen LogP contribution in [0.4, 0.5) is 0 Å². The van der Waals surface area contributed by atoms with Gasteiger partial charge in [0.05, 0.1) is 11.0 Å². The van der Waals surface area contributed by atoms with Crippen molar-refractivity contribution in [3.05, 3.63) is 94.2 Å². The van der Waals surface area contributed by atoms with Gasteiger partial charge in [-0.1, -0.05) is 66.2 Å². The third-order valence-electron chi connectivity index (χ3n) is 4.88. The third kappa shape index (κ3) is 4.12. The van der Waals surface area contributed by atoms with E-state index in [2.05, 4.69) is 76.8 Å². The van der Waals surface area contributed by atoms with Gasteiger partial charge in [-0.25, -0.2) is 4.98 Å². The average Bonchev–Trinajstić information content (AvgIpc) is 3.04. The Balaban J connectivity index is 1.61. The highest BCUT2D eigenvalue weighted by molar-refractivity contribution is 9.10. The molecule has 0 saturated heterocycles. The number of fused-ring (bicyclic) bond motifs is 1. The molecule has 3 aromatic carbocycles. The monoisotopic (exact) mass is 434 g/mol. The standard InChI is InChI=1S/C24H23BrN2O/c1-17(2)19-10-12-21(13-11-19)28-16-24-26-22-8-3-4-9-23(22)27(24)15-18-6-5-7-20(25)14-18/h3-14,17H,15-16H2,1-2H3. The summed E-state index contributed by atoms with van der Waals surface area (Å²) in [6.45, 7) is 5.58. The van der Waals surface area contributed by atoms with E-state index in [0.29, 0.717) is 12.5 Å². The van der Waals surface area contributed by atoms with Crippen LogP contribution in [0.1, 0.15) is 36.7 Å². The van der Waals surface area contributed by atoms with Crippen LogP contribution in [0.2, 0.25) is 0 Å².